The maximum atomic E-state index is 13.6. The lowest BCUT2D eigenvalue weighted by Gasteiger charge is -2.13. The van der Waals surface area contributed by atoms with Crippen molar-refractivity contribution in [1.29, 1.82) is 0 Å². The van der Waals surface area contributed by atoms with Crippen molar-refractivity contribution in [3.63, 3.8) is 0 Å². The molecular formula is C19H13ClF5N3O2. The van der Waals surface area contributed by atoms with Crippen molar-refractivity contribution in [3.05, 3.63) is 76.6 Å². The Labute approximate surface area is 172 Å². The van der Waals surface area contributed by atoms with Gasteiger partial charge in [-0.3, -0.25) is 4.79 Å². The summed E-state index contributed by atoms with van der Waals surface area (Å²) in [5.74, 6) is -1.07. The number of hydrogen-bond donors (Lipinski definition) is 1. The highest BCUT2D eigenvalue weighted by atomic mass is 35.5. The summed E-state index contributed by atoms with van der Waals surface area (Å²) in [6.07, 6.45) is -4.02. The summed E-state index contributed by atoms with van der Waals surface area (Å²) in [6.45, 7) is -3.11. The van der Waals surface area contributed by atoms with E-state index in [1.165, 1.54) is 48.5 Å². The maximum Gasteiger partial charge on any atom is 0.434 e. The summed E-state index contributed by atoms with van der Waals surface area (Å²) < 4.78 is 70.0. The molecule has 0 radical (unpaired) electrons. The van der Waals surface area contributed by atoms with E-state index >= 15 is 0 Å². The molecule has 0 saturated heterocycles. The van der Waals surface area contributed by atoms with E-state index in [-0.39, 0.29) is 18.0 Å². The number of carbonyl (C=O) groups excluding carboxylic acids is 1. The van der Waals surface area contributed by atoms with Crippen LogP contribution in [-0.4, -0.2) is 22.3 Å². The van der Waals surface area contributed by atoms with Crippen LogP contribution in [0, 0.1) is 0 Å². The van der Waals surface area contributed by atoms with Crippen molar-refractivity contribution in [2.24, 2.45) is 0 Å². The lowest BCUT2D eigenvalue weighted by atomic mass is 10.2. The number of carbonyl (C=O) groups is 1. The summed E-state index contributed by atoms with van der Waals surface area (Å²) in [7, 11) is 0. The van der Waals surface area contributed by atoms with E-state index in [1.807, 2.05) is 0 Å². The zero-order chi connectivity index (χ0) is 21.9. The molecule has 0 aliphatic heterocycles. The Morgan fingerprint density at radius 2 is 1.73 bits per heavy atom. The molecule has 2 aromatic carbocycles. The highest BCUT2D eigenvalue weighted by Gasteiger charge is 2.40. The second-order valence-corrected chi connectivity index (χ2v) is 6.43. The van der Waals surface area contributed by atoms with Gasteiger partial charge in [0.05, 0.1) is 17.4 Å². The van der Waals surface area contributed by atoms with Crippen LogP contribution < -0.4 is 10.1 Å². The zero-order valence-corrected chi connectivity index (χ0v) is 15.7. The fourth-order valence-corrected chi connectivity index (χ4v) is 2.76. The molecule has 0 aliphatic rings. The number of alkyl halides is 5. The van der Waals surface area contributed by atoms with E-state index in [2.05, 4.69) is 15.2 Å². The minimum Gasteiger partial charge on any atom is -0.435 e. The molecule has 0 saturated carbocycles. The second-order valence-electron chi connectivity index (χ2n) is 6.00. The first kappa shape index (κ1) is 21.6. The smallest absolute Gasteiger partial charge is 0.434 e. The molecule has 5 nitrogen and oxygen atoms in total. The van der Waals surface area contributed by atoms with Crippen LogP contribution >= 0.6 is 11.6 Å². The third-order valence-corrected chi connectivity index (χ3v) is 4.21. The molecule has 0 bridgehead atoms. The van der Waals surface area contributed by atoms with Gasteiger partial charge in [-0.1, -0.05) is 23.7 Å². The standard InChI is InChI=1S/C19H13ClF5N3O2/c20-12-3-5-13(6-4-12)28-16(19(23,24)25)15(10-27-28)17(29)26-9-11-1-7-14(8-2-11)30-18(21)22/h1-8,10,18H,9H2,(H,26,29). The van der Waals surface area contributed by atoms with Crippen LogP contribution in [0.3, 0.4) is 0 Å². The molecule has 1 N–H and O–H groups in total. The maximum absolute atomic E-state index is 13.6. The molecule has 0 fully saturated rings. The molecule has 1 heterocycles. The Bertz CT molecular complexity index is 1020. The number of nitrogens with zero attached hydrogens (tertiary/aromatic N) is 2. The van der Waals surface area contributed by atoms with Gasteiger partial charge in [-0.25, -0.2) is 4.68 Å². The van der Waals surface area contributed by atoms with Crippen LogP contribution in [0.4, 0.5) is 22.0 Å². The monoisotopic (exact) mass is 445 g/mol. The lowest BCUT2D eigenvalue weighted by molar-refractivity contribution is -0.143. The Morgan fingerprint density at radius 3 is 2.30 bits per heavy atom. The second kappa shape index (κ2) is 8.70. The van der Waals surface area contributed by atoms with Crippen LogP contribution in [0.15, 0.2) is 54.7 Å². The predicted octanol–water partition coefficient (Wildman–Crippen LogP) is 5.08. The van der Waals surface area contributed by atoms with E-state index in [0.717, 1.165) is 6.20 Å². The zero-order valence-electron chi connectivity index (χ0n) is 15.0. The van der Waals surface area contributed by atoms with Crippen molar-refractivity contribution >= 4 is 17.5 Å². The van der Waals surface area contributed by atoms with Gasteiger partial charge in [-0.2, -0.15) is 27.1 Å². The molecule has 0 unspecified atom stereocenters. The van der Waals surface area contributed by atoms with Gasteiger partial charge in [0.2, 0.25) is 0 Å². The number of ether oxygens (including phenoxy) is 1. The SMILES string of the molecule is O=C(NCc1ccc(OC(F)F)cc1)c1cnn(-c2ccc(Cl)cc2)c1C(F)(F)F. The van der Waals surface area contributed by atoms with E-state index in [9.17, 15) is 26.7 Å². The average Bonchev–Trinajstić information content (AvgIpc) is 3.13. The minimum absolute atomic E-state index is 0.0799. The molecule has 158 valence electrons. The number of aromatic nitrogens is 2. The number of benzene rings is 2. The van der Waals surface area contributed by atoms with Crippen LogP contribution in [0.2, 0.25) is 5.02 Å². The van der Waals surface area contributed by atoms with Gasteiger partial charge in [-0.15, -0.1) is 0 Å². The molecular weight excluding hydrogens is 433 g/mol. The van der Waals surface area contributed by atoms with Gasteiger partial charge in [0.1, 0.15) is 5.75 Å². The van der Waals surface area contributed by atoms with Gasteiger partial charge in [0.25, 0.3) is 5.91 Å². The van der Waals surface area contributed by atoms with Gasteiger partial charge < -0.3 is 10.1 Å². The fraction of sp³-hybridized carbons (Fsp3) is 0.158. The summed E-state index contributed by atoms with van der Waals surface area (Å²) in [5.41, 5.74) is -1.33. The molecule has 3 rings (SSSR count). The highest BCUT2D eigenvalue weighted by Crippen LogP contribution is 2.34. The number of amides is 1. The van der Waals surface area contributed by atoms with Crippen molar-refractivity contribution in [3.8, 4) is 11.4 Å². The summed E-state index contributed by atoms with van der Waals surface area (Å²) in [4.78, 5) is 12.4. The number of hydrogen-bond acceptors (Lipinski definition) is 3. The van der Waals surface area contributed by atoms with E-state index in [0.29, 0.717) is 15.3 Å². The topological polar surface area (TPSA) is 56.1 Å². The highest BCUT2D eigenvalue weighted by molar-refractivity contribution is 6.30. The van der Waals surface area contributed by atoms with Gasteiger partial charge >= 0.3 is 12.8 Å². The van der Waals surface area contributed by atoms with Gasteiger partial charge in [0.15, 0.2) is 5.69 Å². The van der Waals surface area contributed by atoms with Crippen LogP contribution in [0.5, 0.6) is 5.75 Å². The Morgan fingerprint density at radius 1 is 1.10 bits per heavy atom. The molecule has 1 amide bonds. The summed E-state index contributed by atoms with van der Waals surface area (Å²) in [6, 6.07) is 10.8. The van der Waals surface area contributed by atoms with Gasteiger partial charge in [0, 0.05) is 11.6 Å². The van der Waals surface area contributed by atoms with Gasteiger partial charge in [-0.05, 0) is 42.0 Å². The van der Waals surface area contributed by atoms with Crippen molar-refractivity contribution in [2.75, 3.05) is 0 Å². The van der Waals surface area contributed by atoms with E-state index < -0.39 is 30.0 Å². The Balaban J connectivity index is 1.79. The third-order valence-electron chi connectivity index (χ3n) is 3.96. The predicted molar refractivity (Wildman–Crippen MR) is 97.8 cm³/mol. The molecule has 3 aromatic rings. The minimum atomic E-state index is -4.85. The quantitative estimate of drug-likeness (QED) is 0.539. The number of nitrogens with one attached hydrogen (secondary N) is 1. The first-order valence-electron chi connectivity index (χ1n) is 8.38. The molecule has 11 heteroatoms. The Hall–Kier alpha value is -3.14. The Kier molecular flexibility index (Phi) is 6.25. The average molecular weight is 446 g/mol. The van der Waals surface area contributed by atoms with Crippen LogP contribution in [0.25, 0.3) is 5.69 Å². The largest absolute Gasteiger partial charge is 0.435 e. The van der Waals surface area contributed by atoms with E-state index in [4.69, 9.17) is 11.6 Å². The summed E-state index contributed by atoms with van der Waals surface area (Å²) >= 11 is 5.76. The van der Waals surface area contributed by atoms with Crippen molar-refractivity contribution in [1.82, 2.24) is 15.1 Å². The van der Waals surface area contributed by atoms with Crippen molar-refractivity contribution < 1.29 is 31.5 Å². The molecule has 0 spiro atoms. The van der Waals surface area contributed by atoms with Crippen molar-refractivity contribution in [2.45, 2.75) is 19.3 Å². The van der Waals surface area contributed by atoms with E-state index in [1.54, 1.807) is 0 Å². The van der Waals surface area contributed by atoms with Crippen LogP contribution in [-0.2, 0) is 12.7 Å². The molecule has 0 aliphatic carbocycles. The van der Waals surface area contributed by atoms with Crippen LogP contribution in [0.1, 0.15) is 21.6 Å². The normalized spacial score (nSPS) is 11.6. The summed E-state index contributed by atoms with van der Waals surface area (Å²) in [5, 5.41) is 6.40. The molecule has 0 atom stereocenters. The fourth-order valence-electron chi connectivity index (χ4n) is 2.63. The number of rotatable bonds is 6. The first-order valence-corrected chi connectivity index (χ1v) is 8.76. The molecule has 30 heavy (non-hydrogen) atoms. The lowest BCUT2D eigenvalue weighted by Crippen LogP contribution is -2.26. The first-order chi connectivity index (χ1) is 14.1. The number of halogens is 6. The third kappa shape index (κ3) is 5.07. The molecule has 1 aromatic heterocycles.